The zero-order valence-electron chi connectivity index (χ0n) is 29.1. The highest BCUT2D eigenvalue weighted by atomic mass is 19.4. The molecule has 0 aliphatic carbocycles. The van der Waals surface area contributed by atoms with E-state index in [0.29, 0.717) is 17.2 Å². The molecule has 0 amide bonds. The molecule has 0 radical (unpaired) electrons. The molecule has 2 aromatic carbocycles. The molecule has 1 aliphatic heterocycles. The molecule has 1 aliphatic rings. The molecule has 0 bridgehead atoms. The van der Waals surface area contributed by atoms with Gasteiger partial charge in [-0.25, -0.2) is 0 Å². The van der Waals surface area contributed by atoms with Crippen LogP contribution in [0.5, 0.6) is 5.75 Å². The van der Waals surface area contributed by atoms with E-state index in [1.165, 1.54) is 0 Å². The number of H-pyrrole nitrogens is 1. The Morgan fingerprint density at radius 1 is 0.941 bits per heavy atom. The summed E-state index contributed by atoms with van der Waals surface area (Å²) in [6, 6.07) is 11.3. The number of nitrogens with one attached hydrogen (secondary N) is 3. The summed E-state index contributed by atoms with van der Waals surface area (Å²) in [7, 11) is 7.91. The van der Waals surface area contributed by atoms with E-state index in [2.05, 4.69) is 60.0 Å². The average molecular weight is 700 g/mol. The minimum Gasteiger partial charge on any atom is -0.482 e. The van der Waals surface area contributed by atoms with Crippen molar-refractivity contribution in [1.82, 2.24) is 34.4 Å². The van der Waals surface area contributed by atoms with Gasteiger partial charge >= 0.3 is 6.18 Å². The molecule has 3 N–H and O–H groups in total. The molecule has 0 saturated carbocycles. The lowest BCUT2D eigenvalue weighted by Crippen LogP contribution is -2.44. The fraction of sp³-hybridized carbons (Fsp3) is 0.333. The largest absolute Gasteiger partial charge is 0.482 e. The third kappa shape index (κ3) is 7.06. The maximum absolute atomic E-state index is 13.6. The third-order valence-corrected chi connectivity index (χ3v) is 9.09. The Bertz CT molecular complexity index is 2190. The van der Waals surface area contributed by atoms with Crippen molar-refractivity contribution in [2.24, 2.45) is 7.05 Å². The Kier molecular flexibility index (Phi) is 9.06. The molecule has 1 fully saturated rings. The van der Waals surface area contributed by atoms with Crippen molar-refractivity contribution in [3.63, 3.8) is 0 Å². The number of hydrogen-bond donors (Lipinski definition) is 3. The maximum Gasteiger partial charge on any atom is 0.422 e. The van der Waals surface area contributed by atoms with Gasteiger partial charge < -0.3 is 39.6 Å². The van der Waals surface area contributed by atoms with Crippen molar-refractivity contribution in [3.8, 4) is 16.9 Å². The number of anilines is 6. The molecule has 7 rings (SSSR count). The van der Waals surface area contributed by atoms with Crippen molar-refractivity contribution in [3.05, 3.63) is 66.9 Å². The number of hydrogen-bond acceptors (Lipinski definition) is 10. The number of ether oxygens (including phenoxy) is 1. The standard InChI is InChI=1S/C36H40F3N11O/c1-6-23-17-22(20-49(23)5)25-18-28(30(51-21-36(37,38)39)19-29(25)50-15-13-48(4)14-16-50)44-35-45-33-24(9-10-42-33)34(46-35)43-27-8-7-26-31(32(27)47(2)3)41-12-11-40-26/h7-12,17-20H,6,13-16,21H2,1-5H3,(H3,42,43,44,45,46). The topological polar surface area (TPSA) is 115 Å². The summed E-state index contributed by atoms with van der Waals surface area (Å²) in [5.41, 5.74) is 7.61. The van der Waals surface area contributed by atoms with Crippen LogP contribution in [0.2, 0.25) is 0 Å². The van der Waals surface area contributed by atoms with Crippen molar-refractivity contribution in [1.29, 1.82) is 0 Å². The average Bonchev–Trinajstić information content (AvgIpc) is 3.73. The Morgan fingerprint density at radius 3 is 2.45 bits per heavy atom. The van der Waals surface area contributed by atoms with Crippen molar-refractivity contribution < 1.29 is 17.9 Å². The fourth-order valence-corrected chi connectivity index (χ4v) is 6.51. The van der Waals surface area contributed by atoms with Gasteiger partial charge in [0, 0.05) is 101 Å². The zero-order chi connectivity index (χ0) is 35.9. The number of likely N-dealkylation sites (N-methyl/N-ethyl adjacent to an activating group) is 1. The van der Waals surface area contributed by atoms with Gasteiger partial charge in [-0.15, -0.1) is 0 Å². The van der Waals surface area contributed by atoms with Gasteiger partial charge in [0.25, 0.3) is 0 Å². The Hall–Kier alpha value is -5.57. The number of nitrogens with zero attached hydrogens (tertiary/aromatic N) is 8. The second kappa shape index (κ2) is 13.6. The fourth-order valence-electron chi connectivity index (χ4n) is 6.51. The molecule has 6 aromatic rings. The highest BCUT2D eigenvalue weighted by Gasteiger charge is 2.30. The maximum atomic E-state index is 13.6. The zero-order valence-corrected chi connectivity index (χ0v) is 29.1. The molecule has 5 heterocycles. The van der Waals surface area contributed by atoms with Crippen LogP contribution in [-0.4, -0.2) is 94.5 Å². The van der Waals surface area contributed by atoms with Crippen LogP contribution in [0, 0.1) is 0 Å². The van der Waals surface area contributed by atoms with Crippen molar-refractivity contribution in [2.75, 3.05) is 74.4 Å². The lowest BCUT2D eigenvalue weighted by atomic mass is 10.0. The van der Waals surface area contributed by atoms with Crippen LogP contribution < -0.4 is 25.2 Å². The van der Waals surface area contributed by atoms with Gasteiger partial charge in [-0.3, -0.25) is 9.97 Å². The van der Waals surface area contributed by atoms with Crippen LogP contribution in [0.4, 0.5) is 47.7 Å². The number of aromatic amines is 1. The number of aryl methyl sites for hydroxylation is 2. The van der Waals surface area contributed by atoms with E-state index in [1.54, 1.807) is 24.7 Å². The number of fused-ring (bicyclic) bond motifs is 2. The number of piperazine rings is 1. The smallest absolute Gasteiger partial charge is 0.422 e. The Labute approximate surface area is 293 Å². The second-order valence-corrected chi connectivity index (χ2v) is 12.9. The van der Waals surface area contributed by atoms with Crippen molar-refractivity contribution in [2.45, 2.75) is 19.5 Å². The van der Waals surface area contributed by atoms with Gasteiger partial charge in [-0.1, -0.05) is 6.92 Å². The van der Waals surface area contributed by atoms with Crippen LogP contribution in [0.15, 0.2) is 61.2 Å². The molecule has 51 heavy (non-hydrogen) atoms. The van der Waals surface area contributed by atoms with Crippen LogP contribution in [0.1, 0.15) is 12.6 Å². The van der Waals surface area contributed by atoms with E-state index >= 15 is 0 Å². The lowest BCUT2D eigenvalue weighted by Gasteiger charge is -2.35. The van der Waals surface area contributed by atoms with E-state index in [9.17, 15) is 13.2 Å². The summed E-state index contributed by atoms with van der Waals surface area (Å²) >= 11 is 0. The van der Waals surface area contributed by atoms with E-state index < -0.39 is 12.8 Å². The molecule has 4 aromatic heterocycles. The van der Waals surface area contributed by atoms with Crippen LogP contribution in [0.25, 0.3) is 33.2 Å². The second-order valence-electron chi connectivity index (χ2n) is 12.9. The molecule has 15 heteroatoms. The first-order chi connectivity index (χ1) is 24.5. The predicted molar refractivity (Wildman–Crippen MR) is 196 cm³/mol. The number of halogens is 3. The Balaban J connectivity index is 1.34. The molecular formula is C36H40F3N11O. The quantitative estimate of drug-likeness (QED) is 0.143. The molecule has 12 nitrogen and oxygen atoms in total. The van der Waals surface area contributed by atoms with E-state index in [0.717, 1.165) is 82.9 Å². The van der Waals surface area contributed by atoms with Crippen LogP contribution in [-0.2, 0) is 13.5 Å². The number of aromatic nitrogens is 6. The van der Waals surface area contributed by atoms with Gasteiger partial charge in [0.15, 0.2) is 6.61 Å². The van der Waals surface area contributed by atoms with Crippen molar-refractivity contribution >= 4 is 56.6 Å². The van der Waals surface area contributed by atoms with E-state index in [4.69, 9.17) is 14.7 Å². The first-order valence-corrected chi connectivity index (χ1v) is 16.7. The summed E-state index contributed by atoms with van der Waals surface area (Å²) in [6.07, 6.45) is 3.40. The van der Waals surface area contributed by atoms with Crippen LogP contribution >= 0.6 is 0 Å². The summed E-state index contributed by atoms with van der Waals surface area (Å²) in [6.45, 7) is 3.74. The molecule has 0 atom stereocenters. The van der Waals surface area contributed by atoms with Crippen LogP contribution in [0.3, 0.4) is 0 Å². The van der Waals surface area contributed by atoms with Gasteiger partial charge in [-0.05, 0) is 43.8 Å². The molecule has 0 unspecified atom stereocenters. The SMILES string of the molecule is CCc1cc(-c2cc(Nc3nc(Nc4ccc5nccnc5c4N(C)C)c4cc[nH]c4n3)c(OCC(F)(F)F)cc2N2CCN(C)CC2)cn1C. The summed E-state index contributed by atoms with van der Waals surface area (Å²) in [4.78, 5) is 28.1. The number of benzene rings is 2. The molecular weight excluding hydrogens is 659 g/mol. The summed E-state index contributed by atoms with van der Waals surface area (Å²) < 4.78 is 48.4. The summed E-state index contributed by atoms with van der Waals surface area (Å²) in [5.74, 6) is 0.694. The number of alkyl halides is 3. The third-order valence-electron chi connectivity index (χ3n) is 9.09. The van der Waals surface area contributed by atoms with E-state index in [-0.39, 0.29) is 11.7 Å². The first-order valence-electron chi connectivity index (χ1n) is 16.7. The van der Waals surface area contributed by atoms with Gasteiger partial charge in [-0.2, -0.15) is 23.1 Å². The summed E-state index contributed by atoms with van der Waals surface area (Å²) in [5, 5.41) is 7.40. The minimum atomic E-state index is -4.54. The monoisotopic (exact) mass is 699 g/mol. The molecule has 0 spiro atoms. The predicted octanol–water partition coefficient (Wildman–Crippen LogP) is 6.72. The minimum absolute atomic E-state index is 0.0457. The highest BCUT2D eigenvalue weighted by molar-refractivity contribution is 5.99. The number of rotatable bonds is 10. The highest BCUT2D eigenvalue weighted by Crippen LogP contribution is 2.42. The van der Waals surface area contributed by atoms with Gasteiger partial charge in [0.05, 0.1) is 28.0 Å². The molecule has 1 saturated heterocycles. The van der Waals surface area contributed by atoms with Gasteiger partial charge in [0.2, 0.25) is 5.95 Å². The Morgan fingerprint density at radius 2 is 1.73 bits per heavy atom. The molecule has 266 valence electrons. The van der Waals surface area contributed by atoms with Gasteiger partial charge in [0.1, 0.15) is 22.7 Å². The lowest BCUT2D eigenvalue weighted by molar-refractivity contribution is -0.153. The van der Waals surface area contributed by atoms with E-state index in [1.807, 2.05) is 56.5 Å². The first kappa shape index (κ1) is 33.9. The normalized spacial score (nSPS) is 14.0.